The summed E-state index contributed by atoms with van der Waals surface area (Å²) in [5, 5.41) is 7.37. The summed E-state index contributed by atoms with van der Waals surface area (Å²) < 4.78 is 7.17. The third kappa shape index (κ3) is 2.18. The second kappa shape index (κ2) is 5.42. The minimum Gasteiger partial charge on any atom is -0.337 e. The Bertz CT molecular complexity index is 621. The lowest BCUT2D eigenvalue weighted by Crippen LogP contribution is -2.26. The smallest absolute Gasteiger partial charge is 0.275 e. The zero-order chi connectivity index (χ0) is 13.9. The molecule has 0 spiro atoms. The molecular weight excluding hydrogens is 254 g/mol. The molecule has 0 atom stereocenters. The van der Waals surface area contributed by atoms with E-state index in [0.717, 1.165) is 31.5 Å². The van der Waals surface area contributed by atoms with Gasteiger partial charge in [-0.1, -0.05) is 12.7 Å². The first kappa shape index (κ1) is 12.8. The average molecular weight is 271 g/mol. The van der Waals surface area contributed by atoms with Crippen molar-refractivity contribution in [3.05, 3.63) is 30.3 Å². The third-order valence-corrected chi connectivity index (χ3v) is 3.59. The molecule has 1 saturated heterocycles. The van der Waals surface area contributed by atoms with Crippen molar-refractivity contribution >= 4 is 18.6 Å². The molecule has 2 aromatic heterocycles. The molecule has 2 aromatic rings. The lowest BCUT2D eigenvalue weighted by Gasteiger charge is -2.18. The Balaban J connectivity index is 1.91. The van der Waals surface area contributed by atoms with Gasteiger partial charge in [-0.05, 0) is 43.9 Å². The summed E-state index contributed by atoms with van der Waals surface area (Å²) >= 11 is 0. The Labute approximate surface area is 117 Å². The number of rotatable bonds is 4. The zero-order valence-corrected chi connectivity index (χ0v) is 11.2. The highest BCUT2D eigenvalue weighted by Crippen LogP contribution is 2.27. The van der Waals surface area contributed by atoms with Gasteiger partial charge in [-0.2, -0.15) is 4.98 Å². The average Bonchev–Trinajstić information content (AvgIpc) is 3.14. The van der Waals surface area contributed by atoms with Crippen LogP contribution in [0.4, 0.5) is 5.82 Å². The van der Waals surface area contributed by atoms with Crippen molar-refractivity contribution in [1.29, 1.82) is 0 Å². The van der Waals surface area contributed by atoms with Gasteiger partial charge in [-0.3, -0.25) is 4.57 Å². The summed E-state index contributed by atoms with van der Waals surface area (Å²) in [6, 6.07) is 1.90. The SMILES string of the molecule is C=Cc1ccn(-c2noc(C3CCNCC3)n2)c1N=C. The summed E-state index contributed by atoms with van der Waals surface area (Å²) in [5.41, 5.74) is 0.896. The van der Waals surface area contributed by atoms with Crippen molar-refractivity contribution in [2.75, 3.05) is 13.1 Å². The van der Waals surface area contributed by atoms with Gasteiger partial charge in [-0.25, -0.2) is 4.99 Å². The van der Waals surface area contributed by atoms with Gasteiger partial charge in [0.25, 0.3) is 5.95 Å². The predicted molar refractivity (Wildman–Crippen MR) is 77.8 cm³/mol. The molecule has 20 heavy (non-hydrogen) atoms. The van der Waals surface area contributed by atoms with Gasteiger partial charge in [0, 0.05) is 17.7 Å². The number of piperidine rings is 1. The van der Waals surface area contributed by atoms with E-state index >= 15 is 0 Å². The number of aliphatic imine (C=N–C) groups is 1. The lowest BCUT2D eigenvalue weighted by molar-refractivity contribution is 0.319. The van der Waals surface area contributed by atoms with Crippen LogP contribution in [0.1, 0.15) is 30.2 Å². The molecule has 6 nitrogen and oxygen atoms in total. The Morgan fingerprint density at radius 3 is 2.95 bits per heavy atom. The van der Waals surface area contributed by atoms with Crippen LogP contribution in [-0.4, -0.2) is 34.5 Å². The van der Waals surface area contributed by atoms with Crippen LogP contribution in [0.25, 0.3) is 12.0 Å². The highest BCUT2D eigenvalue weighted by Gasteiger charge is 2.22. The monoisotopic (exact) mass is 271 g/mol. The molecule has 0 aromatic carbocycles. The standard InChI is InChI=1S/C14H17N5O/c1-3-10-6-9-19(12(10)15-2)14-17-13(20-18-14)11-4-7-16-8-5-11/h3,6,9,11,16H,1-2,4-5,7-8H2. The van der Waals surface area contributed by atoms with Crippen molar-refractivity contribution in [3.8, 4) is 5.95 Å². The Morgan fingerprint density at radius 1 is 1.45 bits per heavy atom. The number of nitrogens with zero attached hydrogens (tertiary/aromatic N) is 4. The molecule has 0 bridgehead atoms. The predicted octanol–water partition coefficient (Wildman–Crippen LogP) is 2.30. The van der Waals surface area contributed by atoms with E-state index in [2.05, 4.69) is 33.7 Å². The fourth-order valence-corrected chi connectivity index (χ4v) is 2.49. The number of hydrogen-bond acceptors (Lipinski definition) is 5. The molecule has 0 aliphatic carbocycles. The molecule has 104 valence electrons. The van der Waals surface area contributed by atoms with Crippen LogP contribution in [0.3, 0.4) is 0 Å². The Hall–Kier alpha value is -2.21. The molecule has 0 saturated carbocycles. The van der Waals surface area contributed by atoms with E-state index in [9.17, 15) is 0 Å². The van der Waals surface area contributed by atoms with Crippen LogP contribution in [0.15, 0.2) is 28.4 Å². The molecule has 3 heterocycles. The fourth-order valence-electron chi connectivity index (χ4n) is 2.49. The highest BCUT2D eigenvalue weighted by molar-refractivity contribution is 5.64. The summed E-state index contributed by atoms with van der Waals surface area (Å²) in [5.74, 6) is 2.21. The van der Waals surface area contributed by atoms with E-state index < -0.39 is 0 Å². The maximum Gasteiger partial charge on any atom is 0.275 e. The maximum absolute atomic E-state index is 5.40. The lowest BCUT2D eigenvalue weighted by atomic mass is 9.98. The Kier molecular flexibility index (Phi) is 3.47. The fraction of sp³-hybridized carbons (Fsp3) is 0.357. The van der Waals surface area contributed by atoms with E-state index in [1.807, 2.05) is 12.3 Å². The van der Waals surface area contributed by atoms with Crippen LogP contribution in [-0.2, 0) is 0 Å². The number of nitrogens with one attached hydrogen (secondary N) is 1. The minimum absolute atomic E-state index is 0.340. The van der Waals surface area contributed by atoms with E-state index in [-0.39, 0.29) is 0 Å². The molecule has 0 radical (unpaired) electrons. The summed E-state index contributed by atoms with van der Waals surface area (Å²) in [6.45, 7) is 9.32. The Morgan fingerprint density at radius 2 is 2.25 bits per heavy atom. The summed E-state index contributed by atoms with van der Waals surface area (Å²) in [6.07, 6.45) is 5.63. The van der Waals surface area contributed by atoms with Crippen molar-refractivity contribution in [2.24, 2.45) is 4.99 Å². The van der Waals surface area contributed by atoms with Crippen LogP contribution in [0, 0.1) is 0 Å². The van der Waals surface area contributed by atoms with Crippen LogP contribution in [0.5, 0.6) is 0 Å². The van der Waals surface area contributed by atoms with E-state index in [1.165, 1.54) is 0 Å². The van der Waals surface area contributed by atoms with E-state index in [0.29, 0.717) is 23.6 Å². The van der Waals surface area contributed by atoms with Gasteiger partial charge in [0.15, 0.2) is 0 Å². The third-order valence-electron chi connectivity index (χ3n) is 3.59. The second-order valence-electron chi connectivity index (χ2n) is 4.78. The normalized spacial score (nSPS) is 16.2. The minimum atomic E-state index is 0.340. The van der Waals surface area contributed by atoms with Crippen molar-refractivity contribution in [2.45, 2.75) is 18.8 Å². The van der Waals surface area contributed by atoms with Gasteiger partial charge in [0.1, 0.15) is 5.82 Å². The van der Waals surface area contributed by atoms with Gasteiger partial charge >= 0.3 is 0 Å². The topological polar surface area (TPSA) is 68.2 Å². The number of aromatic nitrogens is 3. The first-order chi connectivity index (χ1) is 9.83. The van der Waals surface area contributed by atoms with Crippen molar-refractivity contribution < 1.29 is 4.52 Å². The van der Waals surface area contributed by atoms with Gasteiger partial charge < -0.3 is 9.84 Å². The first-order valence-electron chi connectivity index (χ1n) is 6.68. The van der Waals surface area contributed by atoms with Crippen molar-refractivity contribution in [1.82, 2.24) is 20.0 Å². The van der Waals surface area contributed by atoms with Gasteiger partial charge in [0.05, 0.1) is 0 Å². The zero-order valence-electron chi connectivity index (χ0n) is 11.2. The summed E-state index contributed by atoms with van der Waals surface area (Å²) in [7, 11) is 0. The van der Waals surface area contributed by atoms with Gasteiger partial charge in [-0.15, -0.1) is 0 Å². The quantitative estimate of drug-likeness (QED) is 0.866. The molecule has 3 rings (SSSR count). The maximum atomic E-state index is 5.40. The number of hydrogen-bond donors (Lipinski definition) is 1. The highest BCUT2D eigenvalue weighted by atomic mass is 16.5. The molecule has 6 heteroatoms. The van der Waals surface area contributed by atoms with E-state index in [4.69, 9.17) is 4.52 Å². The van der Waals surface area contributed by atoms with Crippen LogP contribution < -0.4 is 5.32 Å². The molecular formula is C14H17N5O. The van der Waals surface area contributed by atoms with Gasteiger partial charge in [0.2, 0.25) is 5.89 Å². The molecule has 1 aliphatic rings. The molecule has 1 aliphatic heterocycles. The molecule has 0 amide bonds. The molecule has 0 unspecified atom stereocenters. The first-order valence-corrected chi connectivity index (χ1v) is 6.68. The second-order valence-corrected chi connectivity index (χ2v) is 4.78. The molecule has 1 fully saturated rings. The van der Waals surface area contributed by atoms with E-state index in [1.54, 1.807) is 10.6 Å². The molecule has 1 N–H and O–H groups in total. The van der Waals surface area contributed by atoms with Crippen LogP contribution in [0.2, 0.25) is 0 Å². The van der Waals surface area contributed by atoms with Crippen LogP contribution >= 0.6 is 0 Å². The summed E-state index contributed by atoms with van der Waals surface area (Å²) in [4.78, 5) is 8.51. The largest absolute Gasteiger partial charge is 0.337 e. The van der Waals surface area contributed by atoms with Crippen molar-refractivity contribution in [3.63, 3.8) is 0 Å².